The smallest absolute Gasteiger partial charge is 0.411 e. The molecule has 0 bridgehead atoms. The third-order valence-corrected chi connectivity index (χ3v) is 1.79. The second-order valence-electron chi connectivity index (χ2n) is 4.13. The van der Waals surface area contributed by atoms with Crippen LogP contribution in [-0.2, 0) is 9.47 Å². The number of nitrogens with zero attached hydrogens (tertiary/aromatic N) is 1. The van der Waals surface area contributed by atoms with E-state index < -0.39 is 0 Å². The molecule has 76 valence electrons. The van der Waals surface area contributed by atoms with Crippen LogP contribution in [0.25, 0.3) is 0 Å². The van der Waals surface area contributed by atoms with Gasteiger partial charge in [-0.3, -0.25) is 0 Å². The van der Waals surface area contributed by atoms with E-state index in [1.54, 1.807) is 4.90 Å². The molecule has 4 heteroatoms. The first-order valence-corrected chi connectivity index (χ1v) is 4.55. The molecule has 1 aliphatic heterocycles. The first kappa shape index (κ1) is 10.3. The van der Waals surface area contributed by atoms with E-state index in [-0.39, 0.29) is 18.5 Å². The predicted molar refractivity (Wildman–Crippen MR) is 48.4 cm³/mol. The fourth-order valence-electron chi connectivity index (χ4n) is 0.847. The molecule has 0 atom stereocenters. The number of likely N-dealkylation sites (tertiary alicyclic amines) is 1. The van der Waals surface area contributed by atoms with E-state index in [0.717, 1.165) is 19.5 Å². The van der Waals surface area contributed by atoms with Crippen LogP contribution in [0.2, 0.25) is 0 Å². The van der Waals surface area contributed by atoms with Crippen LogP contribution in [0.5, 0.6) is 0 Å². The molecule has 0 aliphatic carbocycles. The Labute approximate surface area is 78.8 Å². The Morgan fingerprint density at radius 3 is 2.38 bits per heavy atom. The van der Waals surface area contributed by atoms with Gasteiger partial charge < -0.3 is 14.4 Å². The zero-order valence-electron chi connectivity index (χ0n) is 8.50. The largest absolute Gasteiger partial charge is 0.422 e. The van der Waals surface area contributed by atoms with Crippen LogP contribution >= 0.6 is 0 Å². The number of hydrogen-bond acceptors (Lipinski definition) is 3. The van der Waals surface area contributed by atoms with Gasteiger partial charge in [0.1, 0.15) is 0 Å². The summed E-state index contributed by atoms with van der Waals surface area (Å²) in [4.78, 5) is 12.8. The quantitative estimate of drug-likeness (QED) is 0.616. The molecule has 1 saturated heterocycles. The molecule has 0 spiro atoms. The monoisotopic (exact) mass is 187 g/mol. The average molecular weight is 187 g/mol. The van der Waals surface area contributed by atoms with Crippen molar-refractivity contribution in [2.75, 3.05) is 19.9 Å². The van der Waals surface area contributed by atoms with Crippen LogP contribution in [0.4, 0.5) is 4.79 Å². The molecule has 0 saturated carbocycles. The first-order valence-electron chi connectivity index (χ1n) is 4.55. The molecule has 1 amide bonds. The maximum atomic E-state index is 11.1. The highest BCUT2D eigenvalue weighted by molar-refractivity contribution is 5.68. The summed E-state index contributed by atoms with van der Waals surface area (Å²) in [7, 11) is 0. The van der Waals surface area contributed by atoms with Gasteiger partial charge in [0.25, 0.3) is 0 Å². The highest BCUT2D eigenvalue weighted by atomic mass is 16.7. The van der Waals surface area contributed by atoms with Gasteiger partial charge in [-0.15, -0.1) is 0 Å². The van der Waals surface area contributed by atoms with Crippen LogP contribution in [-0.4, -0.2) is 36.5 Å². The number of carbonyl (C=O) groups excluding carboxylic acids is 1. The molecule has 0 N–H and O–H groups in total. The number of hydrogen-bond donors (Lipinski definition) is 0. The van der Waals surface area contributed by atoms with E-state index >= 15 is 0 Å². The van der Waals surface area contributed by atoms with Crippen molar-refractivity contribution in [1.82, 2.24) is 4.90 Å². The third kappa shape index (κ3) is 3.63. The van der Waals surface area contributed by atoms with Crippen LogP contribution in [0.15, 0.2) is 0 Å². The standard InChI is InChI=1S/C9H17NO3/c1-9(2,3)13-7-12-8(11)10-5-4-6-10/h4-7H2,1-3H3. The Morgan fingerprint density at radius 2 is 2.00 bits per heavy atom. The van der Waals surface area contributed by atoms with E-state index in [4.69, 9.17) is 9.47 Å². The fraction of sp³-hybridized carbons (Fsp3) is 0.889. The molecule has 0 unspecified atom stereocenters. The summed E-state index contributed by atoms with van der Waals surface area (Å²) >= 11 is 0. The lowest BCUT2D eigenvalue weighted by molar-refractivity contribution is -0.0996. The summed E-state index contributed by atoms with van der Waals surface area (Å²) in [6.07, 6.45) is 0.811. The number of amides is 1. The van der Waals surface area contributed by atoms with Gasteiger partial charge in [0, 0.05) is 13.1 Å². The van der Waals surface area contributed by atoms with Crippen molar-refractivity contribution in [3.8, 4) is 0 Å². The Morgan fingerprint density at radius 1 is 1.38 bits per heavy atom. The maximum absolute atomic E-state index is 11.1. The summed E-state index contributed by atoms with van der Waals surface area (Å²) < 4.78 is 10.1. The molecule has 0 aromatic carbocycles. The molecular formula is C9H17NO3. The predicted octanol–water partition coefficient (Wildman–Crippen LogP) is 1.60. The van der Waals surface area contributed by atoms with Gasteiger partial charge in [0.2, 0.25) is 0 Å². The van der Waals surface area contributed by atoms with Crippen LogP contribution in [0.1, 0.15) is 27.2 Å². The van der Waals surface area contributed by atoms with Crippen LogP contribution < -0.4 is 0 Å². The first-order chi connectivity index (χ1) is 5.99. The minimum atomic E-state index is -0.268. The zero-order chi connectivity index (χ0) is 9.90. The van der Waals surface area contributed by atoms with E-state index in [0.29, 0.717) is 0 Å². The van der Waals surface area contributed by atoms with E-state index in [9.17, 15) is 4.79 Å². The number of carbonyl (C=O) groups is 1. The molecule has 0 aromatic heterocycles. The summed E-state index contributed by atoms with van der Waals surface area (Å²) in [6.45, 7) is 7.43. The molecule has 1 aliphatic rings. The Bertz CT molecular complexity index is 182. The number of ether oxygens (including phenoxy) is 2. The minimum Gasteiger partial charge on any atom is -0.422 e. The topological polar surface area (TPSA) is 38.8 Å². The molecule has 4 nitrogen and oxygen atoms in total. The van der Waals surface area contributed by atoms with Crippen molar-refractivity contribution >= 4 is 6.09 Å². The van der Waals surface area contributed by atoms with Gasteiger partial charge >= 0.3 is 6.09 Å². The Hall–Kier alpha value is -0.770. The Kier molecular flexibility index (Phi) is 3.14. The van der Waals surface area contributed by atoms with Gasteiger partial charge in [-0.2, -0.15) is 0 Å². The molecule has 1 fully saturated rings. The summed E-state index contributed by atoms with van der Waals surface area (Å²) in [5, 5.41) is 0. The summed E-state index contributed by atoms with van der Waals surface area (Å²) in [6, 6.07) is 0. The van der Waals surface area contributed by atoms with Crippen molar-refractivity contribution in [3.63, 3.8) is 0 Å². The normalized spacial score (nSPS) is 16.7. The lowest BCUT2D eigenvalue weighted by Gasteiger charge is -2.30. The highest BCUT2D eigenvalue weighted by Crippen LogP contribution is 2.09. The van der Waals surface area contributed by atoms with Crippen molar-refractivity contribution in [3.05, 3.63) is 0 Å². The second-order valence-corrected chi connectivity index (χ2v) is 4.13. The molecule has 13 heavy (non-hydrogen) atoms. The van der Waals surface area contributed by atoms with Gasteiger partial charge in [-0.25, -0.2) is 4.79 Å². The van der Waals surface area contributed by atoms with E-state index in [2.05, 4.69) is 0 Å². The SMILES string of the molecule is CC(C)(C)OCOC(=O)N1CCC1. The second kappa shape index (κ2) is 3.96. The maximum Gasteiger partial charge on any atom is 0.411 e. The zero-order valence-corrected chi connectivity index (χ0v) is 8.50. The van der Waals surface area contributed by atoms with Crippen molar-refractivity contribution in [1.29, 1.82) is 0 Å². The van der Waals surface area contributed by atoms with Crippen molar-refractivity contribution in [2.24, 2.45) is 0 Å². The minimum absolute atomic E-state index is 0.0405. The number of rotatable bonds is 2. The molecule has 1 rings (SSSR count). The fourth-order valence-corrected chi connectivity index (χ4v) is 0.847. The van der Waals surface area contributed by atoms with Crippen LogP contribution in [0.3, 0.4) is 0 Å². The highest BCUT2D eigenvalue weighted by Gasteiger charge is 2.21. The van der Waals surface area contributed by atoms with Gasteiger partial charge in [-0.1, -0.05) is 0 Å². The third-order valence-electron chi connectivity index (χ3n) is 1.79. The molecule has 1 heterocycles. The molecular weight excluding hydrogens is 170 g/mol. The molecule has 0 radical (unpaired) electrons. The van der Waals surface area contributed by atoms with Gasteiger partial charge in [0.05, 0.1) is 5.60 Å². The van der Waals surface area contributed by atoms with Crippen LogP contribution in [0, 0.1) is 0 Å². The molecule has 0 aromatic rings. The Balaban J connectivity index is 2.08. The summed E-state index contributed by atoms with van der Waals surface area (Å²) in [5.74, 6) is 0. The van der Waals surface area contributed by atoms with E-state index in [1.165, 1.54) is 0 Å². The van der Waals surface area contributed by atoms with Gasteiger partial charge in [-0.05, 0) is 27.2 Å². The van der Waals surface area contributed by atoms with Crippen molar-refractivity contribution < 1.29 is 14.3 Å². The summed E-state index contributed by atoms with van der Waals surface area (Å²) in [5.41, 5.74) is -0.255. The average Bonchev–Trinajstić information content (AvgIpc) is 1.79. The van der Waals surface area contributed by atoms with Crippen molar-refractivity contribution in [2.45, 2.75) is 32.8 Å². The lowest BCUT2D eigenvalue weighted by Crippen LogP contribution is -2.42. The lowest BCUT2D eigenvalue weighted by atomic mass is 10.2. The van der Waals surface area contributed by atoms with E-state index in [1.807, 2.05) is 20.8 Å². The van der Waals surface area contributed by atoms with Gasteiger partial charge in [0.15, 0.2) is 6.79 Å².